The van der Waals surface area contributed by atoms with Gasteiger partial charge in [-0.2, -0.15) is 11.8 Å². The first-order valence-corrected chi connectivity index (χ1v) is 7.04. The van der Waals surface area contributed by atoms with E-state index in [9.17, 15) is 15.2 Å². The minimum Gasteiger partial charge on any atom is -0.490 e. The number of nitro groups is 1. The van der Waals surface area contributed by atoms with Gasteiger partial charge < -0.3 is 15.2 Å². The molecule has 19 heavy (non-hydrogen) atoms. The number of thioether (sulfide) groups is 1. The molecule has 0 aliphatic heterocycles. The Morgan fingerprint density at radius 3 is 2.74 bits per heavy atom. The molecule has 0 bridgehead atoms. The lowest BCUT2D eigenvalue weighted by atomic mass is 10.2. The monoisotopic (exact) mass is 286 g/mol. The second-order valence-electron chi connectivity index (χ2n) is 4.03. The highest BCUT2D eigenvalue weighted by Gasteiger charge is 2.18. The van der Waals surface area contributed by atoms with Crippen molar-refractivity contribution in [2.24, 2.45) is 0 Å². The highest BCUT2D eigenvalue weighted by Crippen LogP contribution is 2.30. The Balaban J connectivity index is 2.88. The van der Waals surface area contributed by atoms with E-state index in [-0.39, 0.29) is 29.3 Å². The predicted octanol–water partition coefficient (Wildman–Crippen LogP) is 2.13. The van der Waals surface area contributed by atoms with Crippen molar-refractivity contribution < 1.29 is 14.8 Å². The van der Waals surface area contributed by atoms with Crippen LogP contribution in [-0.4, -0.2) is 41.3 Å². The van der Waals surface area contributed by atoms with E-state index >= 15 is 0 Å². The molecular formula is C12H18N2O4S. The summed E-state index contributed by atoms with van der Waals surface area (Å²) in [5.41, 5.74) is 0.659. The van der Waals surface area contributed by atoms with Gasteiger partial charge in [-0.3, -0.25) is 10.1 Å². The summed E-state index contributed by atoms with van der Waals surface area (Å²) in [6, 6.07) is 4.65. The third-order valence-electron chi connectivity index (χ3n) is 2.81. The smallest absolute Gasteiger partial charge is 0.311 e. The number of rotatable bonds is 7. The maximum absolute atomic E-state index is 10.8. The van der Waals surface area contributed by atoms with E-state index in [2.05, 4.69) is 5.32 Å². The van der Waals surface area contributed by atoms with Crippen LogP contribution in [0.4, 0.5) is 11.4 Å². The van der Waals surface area contributed by atoms with E-state index in [1.54, 1.807) is 23.9 Å². The van der Waals surface area contributed by atoms with Crippen LogP contribution in [0.2, 0.25) is 0 Å². The highest BCUT2D eigenvalue weighted by atomic mass is 32.2. The van der Waals surface area contributed by atoms with E-state index in [1.807, 2.05) is 13.2 Å². The molecule has 0 saturated heterocycles. The zero-order valence-corrected chi connectivity index (χ0v) is 11.9. The quantitative estimate of drug-likeness (QED) is 0.590. The summed E-state index contributed by atoms with van der Waals surface area (Å²) in [6.45, 7) is 2.02. The van der Waals surface area contributed by atoms with Crippen molar-refractivity contribution in [3.8, 4) is 5.75 Å². The maximum Gasteiger partial charge on any atom is 0.311 e. The van der Waals surface area contributed by atoms with Gasteiger partial charge in [0.05, 0.1) is 18.6 Å². The molecular weight excluding hydrogens is 268 g/mol. The standard InChI is InChI=1S/C12H18N2O4S/c1-8(12(7-15)19-3)13-9-4-5-10(14(16)17)11(6-9)18-2/h4-6,8,12-13,15H,7H2,1-3H3. The van der Waals surface area contributed by atoms with Crippen molar-refractivity contribution in [2.45, 2.75) is 18.2 Å². The van der Waals surface area contributed by atoms with Crippen molar-refractivity contribution in [2.75, 3.05) is 25.3 Å². The molecule has 7 heteroatoms. The van der Waals surface area contributed by atoms with E-state index in [0.717, 1.165) is 5.69 Å². The highest BCUT2D eigenvalue weighted by molar-refractivity contribution is 7.99. The lowest BCUT2D eigenvalue weighted by molar-refractivity contribution is -0.385. The first-order valence-electron chi connectivity index (χ1n) is 5.76. The average Bonchev–Trinajstić information content (AvgIpc) is 2.39. The van der Waals surface area contributed by atoms with Crippen molar-refractivity contribution in [1.82, 2.24) is 0 Å². The number of anilines is 1. The first kappa shape index (κ1) is 15.6. The minimum atomic E-state index is -0.482. The molecule has 1 rings (SSSR count). The number of hydrogen-bond acceptors (Lipinski definition) is 6. The second-order valence-corrected chi connectivity index (χ2v) is 5.11. The third kappa shape index (κ3) is 4.00. The number of aliphatic hydroxyl groups is 1. The fourth-order valence-electron chi connectivity index (χ4n) is 1.71. The zero-order chi connectivity index (χ0) is 14.4. The molecule has 0 heterocycles. The van der Waals surface area contributed by atoms with Crippen LogP contribution in [0, 0.1) is 10.1 Å². The molecule has 0 radical (unpaired) electrons. The maximum atomic E-state index is 10.8. The number of benzene rings is 1. The number of ether oxygens (including phenoxy) is 1. The molecule has 0 fully saturated rings. The lowest BCUT2D eigenvalue weighted by Gasteiger charge is -2.22. The van der Waals surface area contributed by atoms with Gasteiger partial charge in [-0.25, -0.2) is 0 Å². The van der Waals surface area contributed by atoms with E-state index in [0.29, 0.717) is 0 Å². The molecule has 0 spiro atoms. The van der Waals surface area contributed by atoms with Crippen molar-refractivity contribution >= 4 is 23.1 Å². The van der Waals surface area contributed by atoms with Crippen molar-refractivity contribution in [3.05, 3.63) is 28.3 Å². The Hall–Kier alpha value is -1.47. The fourth-order valence-corrected chi connectivity index (χ4v) is 2.34. The van der Waals surface area contributed by atoms with Gasteiger partial charge in [0.1, 0.15) is 0 Å². The Bertz CT molecular complexity index is 438. The molecule has 0 amide bonds. The largest absolute Gasteiger partial charge is 0.490 e. The zero-order valence-electron chi connectivity index (χ0n) is 11.1. The van der Waals surface area contributed by atoms with Gasteiger partial charge in [0.2, 0.25) is 0 Å². The van der Waals surface area contributed by atoms with Gasteiger partial charge in [0, 0.05) is 29.1 Å². The molecule has 6 nitrogen and oxygen atoms in total. The lowest BCUT2D eigenvalue weighted by Crippen LogP contribution is -2.30. The first-order chi connectivity index (χ1) is 9.03. The van der Waals surface area contributed by atoms with Crippen LogP contribution in [0.25, 0.3) is 0 Å². The van der Waals surface area contributed by atoms with Gasteiger partial charge in [-0.1, -0.05) is 0 Å². The summed E-state index contributed by atoms with van der Waals surface area (Å²) in [4.78, 5) is 10.3. The minimum absolute atomic E-state index is 0.0335. The summed E-state index contributed by atoms with van der Waals surface area (Å²) in [7, 11) is 1.40. The molecule has 2 atom stereocenters. The van der Waals surface area contributed by atoms with Crippen LogP contribution in [-0.2, 0) is 0 Å². The Kier molecular flexibility index (Phi) is 5.91. The number of nitrogens with zero attached hydrogens (tertiary/aromatic N) is 1. The normalized spacial score (nSPS) is 13.7. The molecule has 0 aliphatic rings. The summed E-state index contributed by atoms with van der Waals surface area (Å²) in [5, 5.41) is 23.3. The molecule has 2 N–H and O–H groups in total. The van der Waals surface area contributed by atoms with Crippen LogP contribution in [0.3, 0.4) is 0 Å². The van der Waals surface area contributed by atoms with Crippen LogP contribution in [0.1, 0.15) is 6.92 Å². The molecule has 0 saturated carbocycles. The third-order valence-corrected chi connectivity index (χ3v) is 3.97. The van der Waals surface area contributed by atoms with Gasteiger partial charge >= 0.3 is 5.69 Å². The Morgan fingerprint density at radius 2 is 2.26 bits per heavy atom. The summed E-state index contributed by atoms with van der Waals surface area (Å²) >= 11 is 1.56. The number of aliphatic hydroxyl groups excluding tert-OH is 1. The predicted molar refractivity (Wildman–Crippen MR) is 77.1 cm³/mol. The summed E-state index contributed by atoms with van der Waals surface area (Å²) in [6.07, 6.45) is 1.93. The topological polar surface area (TPSA) is 84.6 Å². The van der Waals surface area contributed by atoms with Crippen LogP contribution in [0.5, 0.6) is 5.75 Å². The van der Waals surface area contributed by atoms with E-state index in [4.69, 9.17) is 4.74 Å². The van der Waals surface area contributed by atoms with Gasteiger partial charge in [-0.15, -0.1) is 0 Å². The Labute approximate surface area is 116 Å². The van der Waals surface area contributed by atoms with Crippen molar-refractivity contribution in [3.63, 3.8) is 0 Å². The van der Waals surface area contributed by atoms with E-state index in [1.165, 1.54) is 13.2 Å². The summed E-state index contributed by atoms with van der Waals surface area (Å²) in [5.74, 6) is 0.215. The SMILES string of the molecule is COc1cc(NC(C)C(CO)SC)ccc1[N+](=O)[O-]. The Morgan fingerprint density at radius 1 is 1.58 bits per heavy atom. The van der Waals surface area contributed by atoms with Gasteiger partial charge in [-0.05, 0) is 19.2 Å². The number of nitrogens with one attached hydrogen (secondary N) is 1. The van der Waals surface area contributed by atoms with Crippen LogP contribution in [0.15, 0.2) is 18.2 Å². The molecule has 0 aromatic heterocycles. The second kappa shape index (κ2) is 7.20. The van der Waals surface area contributed by atoms with Crippen LogP contribution >= 0.6 is 11.8 Å². The summed E-state index contributed by atoms with van der Waals surface area (Å²) < 4.78 is 5.01. The molecule has 1 aromatic rings. The average molecular weight is 286 g/mol. The van der Waals surface area contributed by atoms with Gasteiger partial charge in [0.15, 0.2) is 5.75 Å². The number of methoxy groups -OCH3 is 1. The van der Waals surface area contributed by atoms with Gasteiger partial charge in [0.25, 0.3) is 0 Å². The molecule has 1 aromatic carbocycles. The molecule has 0 aliphatic carbocycles. The molecule has 106 valence electrons. The van der Waals surface area contributed by atoms with E-state index < -0.39 is 4.92 Å². The fraction of sp³-hybridized carbons (Fsp3) is 0.500. The number of nitro benzene ring substituents is 1. The van der Waals surface area contributed by atoms with Crippen LogP contribution < -0.4 is 10.1 Å². The van der Waals surface area contributed by atoms with Crippen molar-refractivity contribution in [1.29, 1.82) is 0 Å². The number of hydrogen-bond donors (Lipinski definition) is 2. The molecule has 2 unspecified atom stereocenters.